The molecule has 2 rings (SSSR count). The molecular weight excluding hydrogens is 316 g/mol. The monoisotopic (exact) mass is 340 g/mol. The zero-order chi connectivity index (χ0) is 15.6. The summed E-state index contributed by atoms with van der Waals surface area (Å²) >= 11 is 0. The quantitative estimate of drug-likeness (QED) is 0.562. The molecule has 1 heterocycles. The Morgan fingerprint density at radius 2 is 2.04 bits per heavy atom. The number of hydrogen-bond acceptors (Lipinski definition) is 4. The second-order valence-corrected chi connectivity index (χ2v) is 5.22. The third-order valence-electron chi connectivity index (χ3n) is 3.51. The maximum Gasteiger partial charge on any atom is 0.251 e. The summed E-state index contributed by atoms with van der Waals surface area (Å²) in [6, 6.07) is 7.23. The van der Waals surface area contributed by atoms with Crippen LogP contribution < -0.4 is 15.4 Å². The number of halogens is 1. The van der Waals surface area contributed by atoms with Crippen LogP contribution in [0, 0.1) is 0 Å². The second-order valence-electron chi connectivity index (χ2n) is 5.22. The minimum absolute atomic E-state index is 0. The highest BCUT2D eigenvalue weighted by molar-refractivity contribution is 5.94. The summed E-state index contributed by atoms with van der Waals surface area (Å²) in [6.45, 7) is 3.79. The van der Waals surface area contributed by atoms with Crippen molar-refractivity contribution in [1.29, 1.82) is 0 Å². The van der Waals surface area contributed by atoms with E-state index in [1.165, 1.54) is 5.57 Å². The van der Waals surface area contributed by atoms with Gasteiger partial charge in [-0.05, 0) is 37.2 Å². The van der Waals surface area contributed by atoms with Crippen LogP contribution in [0.5, 0.6) is 5.75 Å². The first-order valence-corrected chi connectivity index (χ1v) is 7.68. The van der Waals surface area contributed by atoms with Gasteiger partial charge in [-0.3, -0.25) is 4.79 Å². The van der Waals surface area contributed by atoms with Crippen LogP contribution in [0.1, 0.15) is 23.2 Å². The molecule has 2 N–H and O–H groups in total. The molecule has 0 aromatic heterocycles. The van der Waals surface area contributed by atoms with E-state index in [9.17, 15) is 4.79 Å². The second kappa shape index (κ2) is 11.0. The van der Waals surface area contributed by atoms with Crippen LogP contribution in [0.3, 0.4) is 0 Å². The Balaban J connectivity index is 0.00000264. The standard InChI is InChI=1S/C17H24N2O3.ClH/c1-21-11-2-12-22-16-5-3-15(4-6-16)17(20)19-13-14-7-9-18-10-8-14;/h3-7,18H,2,8-13H2,1H3,(H,19,20);1H. The summed E-state index contributed by atoms with van der Waals surface area (Å²) in [5.41, 5.74) is 1.93. The highest BCUT2D eigenvalue weighted by atomic mass is 35.5. The third-order valence-corrected chi connectivity index (χ3v) is 3.51. The third kappa shape index (κ3) is 7.03. The minimum atomic E-state index is -0.0506. The van der Waals surface area contributed by atoms with Gasteiger partial charge in [-0.25, -0.2) is 0 Å². The average Bonchev–Trinajstić information content (AvgIpc) is 2.58. The molecule has 1 amide bonds. The van der Waals surface area contributed by atoms with E-state index in [0.717, 1.165) is 31.7 Å². The molecule has 0 unspecified atom stereocenters. The van der Waals surface area contributed by atoms with E-state index in [1.54, 1.807) is 19.2 Å². The topological polar surface area (TPSA) is 59.6 Å². The summed E-state index contributed by atoms with van der Waals surface area (Å²) in [5, 5.41) is 6.21. The van der Waals surface area contributed by atoms with Gasteiger partial charge in [0.2, 0.25) is 0 Å². The summed E-state index contributed by atoms with van der Waals surface area (Å²) < 4.78 is 10.5. The van der Waals surface area contributed by atoms with Crippen LogP contribution in [0.4, 0.5) is 0 Å². The van der Waals surface area contributed by atoms with Gasteiger partial charge in [0.05, 0.1) is 6.61 Å². The van der Waals surface area contributed by atoms with E-state index < -0.39 is 0 Å². The van der Waals surface area contributed by atoms with E-state index >= 15 is 0 Å². The van der Waals surface area contributed by atoms with Crippen LogP contribution in [-0.2, 0) is 4.74 Å². The molecule has 0 saturated carbocycles. The Kier molecular flexibility index (Phi) is 9.36. The maximum absolute atomic E-state index is 12.1. The molecule has 128 valence electrons. The Bertz CT molecular complexity index is 503. The van der Waals surface area contributed by atoms with Gasteiger partial charge in [0, 0.05) is 38.8 Å². The van der Waals surface area contributed by atoms with Crippen molar-refractivity contribution in [1.82, 2.24) is 10.6 Å². The highest BCUT2D eigenvalue weighted by Gasteiger charge is 2.08. The van der Waals surface area contributed by atoms with Crippen LogP contribution >= 0.6 is 12.4 Å². The molecular formula is C17H25ClN2O3. The van der Waals surface area contributed by atoms with Crippen LogP contribution in [-0.4, -0.2) is 45.9 Å². The van der Waals surface area contributed by atoms with Crippen molar-refractivity contribution in [2.75, 3.05) is 40.0 Å². The van der Waals surface area contributed by atoms with Crippen LogP contribution in [0.2, 0.25) is 0 Å². The van der Waals surface area contributed by atoms with Gasteiger partial charge < -0.3 is 20.1 Å². The number of methoxy groups -OCH3 is 1. The smallest absolute Gasteiger partial charge is 0.251 e. The number of carbonyl (C=O) groups excluding carboxylic acids is 1. The summed E-state index contributed by atoms with van der Waals surface area (Å²) in [7, 11) is 1.67. The van der Waals surface area contributed by atoms with E-state index in [0.29, 0.717) is 25.3 Å². The molecule has 23 heavy (non-hydrogen) atoms. The van der Waals surface area contributed by atoms with Crippen molar-refractivity contribution in [3.8, 4) is 5.75 Å². The van der Waals surface area contributed by atoms with E-state index in [4.69, 9.17) is 9.47 Å². The Labute approximate surface area is 143 Å². The Hall–Kier alpha value is -1.56. The molecule has 1 aliphatic heterocycles. The molecule has 1 aromatic rings. The molecule has 1 aliphatic rings. The van der Waals surface area contributed by atoms with E-state index in [1.807, 2.05) is 12.1 Å². The van der Waals surface area contributed by atoms with E-state index in [-0.39, 0.29) is 18.3 Å². The normalized spacial score (nSPS) is 13.7. The summed E-state index contributed by atoms with van der Waals surface area (Å²) in [4.78, 5) is 12.1. The van der Waals surface area contributed by atoms with Gasteiger partial charge in [-0.2, -0.15) is 0 Å². The lowest BCUT2D eigenvalue weighted by Gasteiger charge is -2.14. The Morgan fingerprint density at radius 3 is 2.70 bits per heavy atom. The zero-order valence-corrected chi connectivity index (χ0v) is 14.3. The molecule has 0 radical (unpaired) electrons. The largest absolute Gasteiger partial charge is 0.494 e. The highest BCUT2D eigenvalue weighted by Crippen LogP contribution is 2.12. The number of rotatable bonds is 8. The summed E-state index contributed by atoms with van der Waals surface area (Å²) in [6.07, 6.45) is 3.98. The van der Waals surface area contributed by atoms with E-state index in [2.05, 4.69) is 16.7 Å². The summed E-state index contributed by atoms with van der Waals surface area (Å²) in [5.74, 6) is 0.721. The molecule has 0 bridgehead atoms. The van der Waals surface area contributed by atoms with Crippen LogP contribution in [0.15, 0.2) is 35.9 Å². The maximum atomic E-state index is 12.1. The molecule has 1 aromatic carbocycles. The van der Waals surface area contributed by atoms with Crippen molar-refractivity contribution in [3.05, 3.63) is 41.5 Å². The van der Waals surface area contributed by atoms with Crippen molar-refractivity contribution in [2.24, 2.45) is 0 Å². The fourth-order valence-electron chi connectivity index (χ4n) is 2.22. The molecule has 5 nitrogen and oxygen atoms in total. The molecule has 0 fully saturated rings. The molecule has 6 heteroatoms. The molecule has 0 saturated heterocycles. The van der Waals surface area contributed by atoms with Crippen molar-refractivity contribution < 1.29 is 14.3 Å². The first-order chi connectivity index (χ1) is 10.8. The number of amides is 1. The average molecular weight is 341 g/mol. The molecule has 0 atom stereocenters. The van der Waals surface area contributed by atoms with Crippen molar-refractivity contribution in [2.45, 2.75) is 12.8 Å². The first-order valence-electron chi connectivity index (χ1n) is 7.68. The van der Waals surface area contributed by atoms with Gasteiger partial charge in [-0.15, -0.1) is 12.4 Å². The number of carbonyl (C=O) groups is 1. The fourth-order valence-corrected chi connectivity index (χ4v) is 2.22. The fraction of sp³-hybridized carbons (Fsp3) is 0.471. The lowest BCUT2D eigenvalue weighted by molar-refractivity contribution is 0.0956. The first kappa shape index (κ1) is 19.5. The molecule has 0 spiro atoms. The SMILES string of the molecule is COCCCOc1ccc(C(=O)NCC2=CCNCC2)cc1.Cl. The van der Waals surface area contributed by atoms with Crippen LogP contribution in [0.25, 0.3) is 0 Å². The number of ether oxygens (including phenoxy) is 2. The van der Waals surface area contributed by atoms with Crippen molar-refractivity contribution in [3.63, 3.8) is 0 Å². The Morgan fingerprint density at radius 1 is 1.26 bits per heavy atom. The predicted octanol–water partition coefficient (Wildman–Crippen LogP) is 2.17. The van der Waals surface area contributed by atoms with Gasteiger partial charge in [-0.1, -0.05) is 11.6 Å². The zero-order valence-electron chi connectivity index (χ0n) is 13.5. The number of hydrogen-bond donors (Lipinski definition) is 2. The molecule has 0 aliphatic carbocycles. The number of benzene rings is 1. The van der Waals surface area contributed by atoms with Crippen molar-refractivity contribution >= 4 is 18.3 Å². The van der Waals surface area contributed by atoms with Gasteiger partial charge in [0.1, 0.15) is 5.75 Å². The lowest BCUT2D eigenvalue weighted by Crippen LogP contribution is -2.29. The lowest BCUT2D eigenvalue weighted by atomic mass is 10.1. The number of nitrogens with one attached hydrogen (secondary N) is 2. The minimum Gasteiger partial charge on any atom is -0.494 e. The van der Waals surface area contributed by atoms with Gasteiger partial charge in [0.25, 0.3) is 5.91 Å². The van der Waals surface area contributed by atoms with Gasteiger partial charge >= 0.3 is 0 Å². The van der Waals surface area contributed by atoms with Gasteiger partial charge in [0.15, 0.2) is 0 Å². The predicted molar refractivity (Wildman–Crippen MR) is 93.6 cm³/mol.